The van der Waals surface area contributed by atoms with Crippen LogP contribution in [0.4, 0.5) is 0 Å². The molecule has 1 aromatic carbocycles. The minimum Gasteiger partial charge on any atom is -0.496 e. The van der Waals surface area contributed by atoms with E-state index in [1.165, 1.54) is 5.56 Å². The molecule has 4 heteroatoms. The van der Waals surface area contributed by atoms with E-state index in [0.717, 1.165) is 17.0 Å². The Balaban J connectivity index is 2.49. The van der Waals surface area contributed by atoms with Gasteiger partial charge >= 0.3 is 0 Å². The molecule has 0 saturated carbocycles. The van der Waals surface area contributed by atoms with Crippen molar-refractivity contribution < 1.29 is 9.15 Å². The fourth-order valence-corrected chi connectivity index (χ4v) is 1.81. The molecule has 0 fully saturated rings. The average molecular weight is 246 g/mol. The van der Waals surface area contributed by atoms with Crippen molar-refractivity contribution in [3.05, 3.63) is 35.9 Å². The van der Waals surface area contributed by atoms with Gasteiger partial charge in [0, 0.05) is 5.56 Å². The molecule has 0 bridgehead atoms. The normalized spacial score (nSPS) is 10.9. The summed E-state index contributed by atoms with van der Waals surface area (Å²) in [6, 6.07) is 6.11. The van der Waals surface area contributed by atoms with Gasteiger partial charge in [-0.15, -0.1) is 0 Å². The zero-order valence-corrected chi connectivity index (χ0v) is 10.9. The predicted octanol–water partition coefficient (Wildman–Crippen LogP) is 2.93. The van der Waals surface area contributed by atoms with Gasteiger partial charge < -0.3 is 14.9 Å². The number of rotatable bonds is 4. The third-order valence-electron chi connectivity index (χ3n) is 2.89. The van der Waals surface area contributed by atoms with Crippen LogP contribution in [0.15, 0.2) is 28.9 Å². The van der Waals surface area contributed by atoms with E-state index >= 15 is 0 Å². The third-order valence-corrected chi connectivity index (χ3v) is 2.89. The minimum atomic E-state index is 0.298. The van der Waals surface area contributed by atoms with Crippen molar-refractivity contribution in [1.29, 1.82) is 0 Å². The third kappa shape index (κ3) is 2.38. The Bertz CT molecular complexity index is 532. The van der Waals surface area contributed by atoms with Crippen molar-refractivity contribution in [2.24, 2.45) is 5.73 Å². The second-order valence-electron chi connectivity index (χ2n) is 4.45. The van der Waals surface area contributed by atoms with Crippen LogP contribution in [0.25, 0.3) is 11.3 Å². The summed E-state index contributed by atoms with van der Waals surface area (Å²) in [4.78, 5) is 4.34. The fourth-order valence-electron chi connectivity index (χ4n) is 1.81. The minimum absolute atomic E-state index is 0.298. The number of ether oxygens (including phenoxy) is 1. The number of benzene rings is 1. The molecular formula is C14H18N2O2. The van der Waals surface area contributed by atoms with Crippen LogP contribution in [0.3, 0.4) is 0 Å². The number of nitrogens with two attached hydrogens (primary N) is 1. The Hall–Kier alpha value is -1.81. The summed E-state index contributed by atoms with van der Waals surface area (Å²) in [5.41, 5.74) is 8.44. The van der Waals surface area contributed by atoms with Crippen LogP contribution in [-0.4, -0.2) is 12.1 Å². The summed E-state index contributed by atoms with van der Waals surface area (Å²) in [6.45, 7) is 4.60. The maximum Gasteiger partial charge on any atom is 0.208 e. The Morgan fingerprint density at radius 1 is 1.39 bits per heavy atom. The highest BCUT2D eigenvalue weighted by Crippen LogP contribution is 2.32. The topological polar surface area (TPSA) is 61.3 Å². The highest BCUT2D eigenvalue weighted by molar-refractivity contribution is 5.67. The molecule has 0 saturated heterocycles. The summed E-state index contributed by atoms with van der Waals surface area (Å²) < 4.78 is 10.6. The van der Waals surface area contributed by atoms with E-state index in [2.05, 4.69) is 31.0 Å². The van der Waals surface area contributed by atoms with Crippen molar-refractivity contribution in [1.82, 2.24) is 4.98 Å². The van der Waals surface area contributed by atoms with Crippen molar-refractivity contribution in [3.8, 4) is 17.0 Å². The van der Waals surface area contributed by atoms with Gasteiger partial charge in [0.1, 0.15) is 17.7 Å². The standard InChI is InChI=1S/C14H18N2O2/c1-9(2)10-4-5-13(17-3)11(6-10)12-8-18-14(7-15)16-12/h4-6,8-9H,7,15H2,1-3H3. The van der Waals surface area contributed by atoms with Gasteiger partial charge in [0.15, 0.2) is 0 Å². The smallest absolute Gasteiger partial charge is 0.208 e. The SMILES string of the molecule is COc1ccc(C(C)C)cc1-c1coc(CN)n1. The van der Waals surface area contributed by atoms with Crippen molar-refractivity contribution >= 4 is 0 Å². The lowest BCUT2D eigenvalue weighted by atomic mass is 9.99. The van der Waals surface area contributed by atoms with Gasteiger partial charge in [-0.3, -0.25) is 0 Å². The number of nitrogens with zero attached hydrogens (tertiary/aromatic N) is 1. The molecule has 0 radical (unpaired) electrons. The second-order valence-corrected chi connectivity index (χ2v) is 4.45. The number of hydrogen-bond donors (Lipinski definition) is 1. The lowest BCUT2D eigenvalue weighted by molar-refractivity contribution is 0.416. The maximum absolute atomic E-state index is 5.50. The lowest BCUT2D eigenvalue weighted by Gasteiger charge is -2.10. The van der Waals surface area contributed by atoms with Crippen LogP contribution in [-0.2, 0) is 6.54 Å². The van der Waals surface area contributed by atoms with E-state index in [1.54, 1.807) is 13.4 Å². The van der Waals surface area contributed by atoms with Crippen LogP contribution >= 0.6 is 0 Å². The van der Waals surface area contributed by atoms with E-state index < -0.39 is 0 Å². The molecule has 18 heavy (non-hydrogen) atoms. The molecule has 0 amide bonds. The molecule has 4 nitrogen and oxygen atoms in total. The predicted molar refractivity (Wildman–Crippen MR) is 70.5 cm³/mol. The van der Waals surface area contributed by atoms with Crippen LogP contribution in [0.2, 0.25) is 0 Å². The molecule has 1 aromatic heterocycles. The van der Waals surface area contributed by atoms with E-state index in [9.17, 15) is 0 Å². The quantitative estimate of drug-likeness (QED) is 0.901. The number of oxazole rings is 1. The Morgan fingerprint density at radius 2 is 2.17 bits per heavy atom. The second kappa shape index (κ2) is 5.23. The summed E-state index contributed by atoms with van der Waals surface area (Å²) >= 11 is 0. The van der Waals surface area contributed by atoms with Crippen LogP contribution in [0.5, 0.6) is 5.75 Å². The molecule has 2 aromatic rings. The van der Waals surface area contributed by atoms with Gasteiger partial charge in [0.2, 0.25) is 5.89 Å². The monoisotopic (exact) mass is 246 g/mol. The zero-order chi connectivity index (χ0) is 13.1. The highest BCUT2D eigenvalue weighted by Gasteiger charge is 2.12. The Kier molecular flexibility index (Phi) is 3.67. The van der Waals surface area contributed by atoms with Crippen LogP contribution in [0.1, 0.15) is 31.2 Å². The van der Waals surface area contributed by atoms with Gasteiger partial charge in [-0.1, -0.05) is 19.9 Å². The van der Waals surface area contributed by atoms with Gasteiger partial charge in [0.25, 0.3) is 0 Å². The molecule has 0 spiro atoms. The van der Waals surface area contributed by atoms with E-state index in [1.807, 2.05) is 6.07 Å². The molecule has 0 aliphatic carbocycles. The summed E-state index contributed by atoms with van der Waals surface area (Å²) in [5, 5.41) is 0. The first-order valence-electron chi connectivity index (χ1n) is 5.98. The van der Waals surface area contributed by atoms with E-state index in [4.69, 9.17) is 14.9 Å². The van der Waals surface area contributed by atoms with Crippen molar-refractivity contribution in [3.63, 3.8) is 0 Å². The summed E-state index contributed by atoms with van der Waals surface area (Å²) in [5.74, 6) is 1.77. The molecule has 2 rings (SSSR count). The van der Waals surface area contributed by atoms with Gasteiger partial charge in [-0.2, -0.15) is 0 Å². The molecule has 0 atom stereocenters. The average Bonchev–Trinajstić information content (AvgIpc) is 2.86. The maximum atomic E-state index is 5.50. The van der Waals surface area contributed by atoms with Gasteiger partial charge in [0.05, 0.1) is 13.7 Å². The first-order chi connectivity index (χ1) is 8.65. The highest BCUT2D eigenvalue weighted by atomic mass is 16.5. The number of hydrogen-bond acceptors (Lipinski definition) is 4. The molecule has 0 aliphatic heterocycles. The first kappa shape index (κ1) is 12.6. The first-order valence-corrected chi connectivity index (χ1v) is 5.98. The Morgan fingerprint density at radius 3 is 2.72 bits per heavy atom. The summed E-state index contributed by atoms with van der Waals surface area (Å²) in [7, 11) is 1.65. The van der Waals surface area contributed by atoms with Gasteiger partial charge in [-0.25, -0.2) is 4.98 Å². The molecule has 1 heterocycles. The van der Waals surface area contributed by atoms with Crippen molar-refractivity contribution in [2.75, 3.05) is 7.11 Å². The van der Waals surface area contributed by atoms with Gasteiger partial charge in [-0.05, 0) is 23.6 Å². The zero-order valence-electron chi connectivity index (χ0n) is 10.9. The Labute approximate surface area is 107 Å². The van der Waals surface area contributed by atoms with E-state index in [-0.39, 0.29) is 0 Å². The molecule has 96 valence electrons. The van der Waals surface area contributed by atoms with Crippen LogP contribution < -0.4 is 10.5 Å². The van der Waals surface area contributed by atoms with Crippen molar-refractivity contribution in [2.45, 2.75) is 26.3 Å². The summed E-state index contributed by atoms with van der Waals surface area (Å²) in [6.07, 6.45) is 1.62. The van der Waals surface area contributed by atoms with E-state index in [0.29, 0.717) is 18.4 Å². The molecule has 0 unspecified atom stereocenters. The molecule has 0 aliphatic rings. The molecular weight excluding hydrogens is 228 g/mol. The number of methoxy groups -OCH3 is 1. The fraction of sp³-hybridized carbons (Fsp3) is 0.357. The molecule has 2 N–H and O–H groups in total. The lowest BCUT2D eigenvalue weighted by Crippen LogP contribution is -1.96. The van der Waals surface area contributed by atoms with Crippen LogP contribution in [0, 0.1) is 0 Å². The number of aromatic nitrogens is 1. The largest absolute Gasteiger partial charge is 0.496 e.